The van der Waals surface area contributed by atoms with E-state index in [0.29, 0.717) is 0 Å². The van der Waals surface area contributed by atoms with Crippen molar-refractivity contribution in [3.05, 3.63) is 46.7 Å². The third-order valence-electron chi connectivity index (χ3n) is 3.94. The second kappa shape index (κ2) is 7.29. The van der Waals surface area contributed by atoms with Gasteiger partial charge in [0.15, 0.2) is 11.6 Å². The summed E-state index contributed by atoms with van der Waals surface area (Å²) < 4.78 is 34.7. The number of ether oxygens (including phenoxy) is 1. The maximum absolute atomic E-state index is 14.8. The van der Waals surface area contributed by atoms with Crippen LogP contribution in [0.25, 0.3) is 22.2 Å². The van der Waals surface area contributed by atoms with Crippen LogP contribution in [-0.2, 0) is 4.74 Å². The van der Waals surface area contributed by atoms with Gasteiger partial charge in [-0.25, -0.2) is 18.6 Å². The lowest BCUT2D eigenvalue weighted by Crippen LogP contribution is -2.09. The van der Waals surface area contributed by atoms with Crippen molar-refractivity contribution in [3.63, 3.8) is 0 Å². The van der Waals surface area contributed by atoms with Crippen molar-refractivity contribution in [2.75, 3.05) is 12.3 Å². The van der Waals surface area contributed by atoms with Gasteiger partial charge in [-0.1, -0.05) is 31.0 Å². The van der Waals surface area contributed by atoms with Gasteiger partial charge < -0.3 is 15.5 Å². The van der Waals surface area contributed by atoms with Crippen LogP contribution in [0, 0.1) is 11.6 Å². The number of carbonyl (C=O) groups excluding carboxylic acids is 1. The Balaban J connectivity index is 2.07. The molecule has 0 saturated heterocycles. The molecule has 3 aromatic rings. The van der Waals surface area contributed by atoms with E-state index < -0.39 is 23.2 Å². The van der Waals surface area contributed by atoms with Crippen LogP contribution in [0.3, 0.4) is 0 Å². The van der Waals surface area contributed by atoms with E-state index in [9.17, 15) is 13.6 Å². The molecule has 136 valence electrons. The third-order valence-corrected chi connectivity index (χ3v) is 4.24. The molecule has 0 radical (unpaired) electrons. The lowest BCUT2D eigenvalue weighted by atomic mass is 10.0. The van der Waals surface area contributed by atoms with Crippen LogP contribution in [-0.4, -0.2) is 22.5 Å². The number of pyridine rings is 1. The molecule has 0 aliphatic carbocycles. The Morgan fingerprint density at radius 3 is 2.85 bits per heavy atom. The van der Waals surface area contributed by atoms with Gasteiger partial charge in [-0.2, -0.15) is 0 Å². The van der Waals surface area contributed by atoms with Gasteiger partial charge in [-0.3, -0.25) is 0 Å². The number of benzene rings is 1. The summed E-state index contributed by atoms with van der Waals surface area (Å²) in [4.78, 5) is 18.7. The fourth-order valence-corrected chi connectivity index (χ4v) is 2.85. The Hall–Kier alpha value is -2.67. The van der Waals surface area contributed by atoms with E-state index >= 15 is 0 Å². The van der Waals surface area contributed by atoms with E-state index in [0.717, 1.165) is 12.8 Å². The number of anilines is 1. The lowest BCUT2D eigenvalue weighted by Gasteiger charge is -2.10. The van der Waals surface area contributed by atoms with Crippen molar-refractivity contribution < 1.29 is 18.3 Å². The number of rotatable bonds is 5. The van der Waals surface area contributed by atoms with Crippen LogP contribution >= 0.6 is 11.6 Å². The topological polar surface area (TPSA) is 81.0 Å². The third kappa shape index (κ3) is 3.10. The number of nitrogens with zero attached hydrogens (tertiary/aromatic N) is 1. The summed E-state index contributed by atoms with van der Waals surface area (Å²) in [6, 6.07) is 4.28. The van der Waals surface area contributed by atoms with E-state index in [4.69, 9.17) is 22.1 Å². The molecule has 0 saturated carbocycles. The van der Waals surface area contributed by atoms with Crippen LogP contribution in [0.1, 0.15) is 30.3 Å². The molecule has 0 amide bonds. The molecular weight excluding hydrogens is 364 g/mol. The highest BCUT2D eigenvalue weighted by molar-refractivity contribution is 6.36. The predicted octanol–water partition coefficient (Wildman–Crippen LogP) is 4.70. The smallest absolute Gasteiger partial charge is 0.356 e. The van der Waals surface area contributed by atoms with Crippen molar-refractivity contribution >= 4 is 34.2 Å². The van der Waals surface area contributed by atoms with Crippen molar-refractivity contribution in [1.29, 1.82) is 0 Å². The molecular formula is C18H16ClF2N3O2. The Morgan fingerprint density at radius 2 is 2.12 bits per heavy atom. The molecule has 2 aromatic heterocycles. The summed E-state index contributed by atoms with van der Waals surface area (Å²) in [5.74, 6) is -2.53. The zero-order valence-corrected chi connectivity index (χ0v) is 14.7. The van der Waals surface area contributed by atoms with Gasteiger partial charge in [0.05, 0.1) is 34.1 Å². The maximum Gasteiger partial charge on any atom is 0.356 e. The van der Waals surface area contributed by atoms with E-state index in [2.05, 4.69) is 9.97 Å². The highest BCUT2D eigenvalue weighted by Gasteiger charge is 2.24. The van der Waals surface area contributed by atoms with Gasteiger partial charge in [-0.05, 0) is 18.6 Å². The van der Waals surface area contributed by atoms with Gasteiger partial charge >= 0.3 is 5.97 Å². The van der Waals surface area contributed by atoms with E-state index in [1.54, 1.807) is 0 Å². The number of hydrogen-bond donors (Lipinski definition) is 2. The number of hydrogen-bond acceptors (Lipinski definition) is 4. The van der Waals surface area contributed by atoms with E-state index in [-0.39, 0.29) is 39.6 Å². The average molecular weight is 380 g/mol. The number of fused-ring (bicyclic) bond motifs is 1. The van der Waals surface area contributed by atoms with Crippen molar-refractivity contribution in [3.8, 4) is 11.3 Å². The Bertz CT molecular complexity index is 988. The molecule has 0 aliphatic heterocycles. The zero-order valence-electron chi connectivity index (χ0n) is 13.9. The average Bonchev–Trinajstić information content (AvgIpc) is 3.02. The number of aromatic nitrogens is 2. The number of nitrogens with two attached hydrogens (primary N) is 1. The van der Waals surface area contributed by atoms with E-state index in [1.165, 1.54) is 24.4 Å². The molecule has 2 heterocycles. The predicted molar refractivity (Wildman–Crippen MR) is 96.1 cm³/mol. The number of esters is 1. The molecule has 5 nitrogen and oxygen atoms in total. The molecule has 8 heteroatoms. The van der Waals surface area contributed by atoms with Gasteiger partial charge in [0, 0.05) is 11.6 Å². The Morgan fingerprint density at radius 1 is 1.35 bits per heavy atom. The summed E-state index contributed by atoms with van der Waals surface area (Å²) >= 11 is 5.93. The molecule has 0 fully saturated rings. The molecule has 0 bridgehead atoms. The molecule has 3 rings (SSSR count). The van der Waals surface area contributed by atoms with Crippen LogP contribution in [0.4, 0.5) is 14.5 Å². The first-order valence-corrected chi connectivity index (χ1v) is 8.41. The number of H-pyrrole nitrogens is 1. The molecule has 0 aliphatic rings. The van der Waals surface area contributed by atoms with Gasteiger partial charge in [0.2, 0.25) is 0 Å². The molecule has 0 unspecified atom stereocenters. The second-order valence-electron chi connectivity index (χ2n) is 5.70. The summed E-state index contributed by atoms with van der Waals surface area (Å²) in [5, 5.41) is 0.184. The molecule has 3 N–H and O–H groups in total. The van der Waals surface area contributed by atoms with Gasteiger partial charge in [-0.15, -0.1) is 0 Å². The largest absolute Gasteiger partial charge is 0.461 e. The summed E-state index contributed by atoms with van der Waals surface area (Å²) in [6.45, 7) is 2.22. The van der Waals surface area contributed by atoms with Crippen molar-refractivity contribution in [2.24, 2.45) is 0 Å². The van der Waals surface area contributed by atoms with Crippen LogP contribution in [0.5, 0.6) is 0 Å². The molecule has 0 spiro atoms. The summed E-state index contributed by atoms with van der Waals surface area (Å²) in [6.07, 6.45) is 2.91. The summed E-state index contributed by atoms with van der Waals surface area (Å²) in [5.41, 5.74) is 4.93. The van der Waals surface area contributed by atoms with E-state index in [1.807, 2.05) is 6.92 Å². The zero-order chi connectivity index (χ0) is 18.8. The number of carbonyl (C=O) groups is 1. The first-order valence-electron chi connectivity index (χ1n) is 8.03. The first-order chi connectivity index (χ1) is 12.5. The fraction of sp³-hybridized carbons (Fsp3) is 0.222. The summed E-state index contributed by atoms with van der Waals surface area (Å²) in [7, 11) is 0. The minimum atomic E-state index is -0.986. The minimum absolute atomic E-state index is 0.0263. The van der Waals surface area contributed by atoms with Gasteiger partial charge in [0.1, 0.15) is 5.69 Å². The Labute approximate surface area is 153 Å². The molecule has 26 heavy (non-hydrogen) atoms. The number of nitrogens with one attached hydrogen (secondary N) is 1. The highest BCUT2D eigenvalue weighted by atomic mass is 35.5. The standard InChI is InChI=1S/C18H16ClF2N3O2/c1-2-3-7-26-18(25)11-6-4-5-10(24-11)13-14(20)16(22)12-9(19)8-23-17(12)15(13)21/h4-6,8,23H,2-3,7,22H2,1H3. The first kappa shape index (κ1) is 18.1. The monoisotopic (exact) mass is 379 g/mol. The Kier molecular flexibility index (Phi) is 5.08. The maximum atomic E-state index is 14.8. The minimum Gasteiger partial charge on any atom is -0.461 e. The second-order valence-corrected chi connectivity index (χ2v) is 6.11. The highest BCUT2D eigenvalue weighted by Crippen LogP contribution is 2.38. The fourth-order valence-electron chi connectivity index (χ4n) is 2.60. The van der Waals surface area contributed by atoms with Gasteiger partial charge in [0.25, 0.3) is 0 Å². The van der Waals surface area contributed by atoms with Crippen molar-refractivity contribution in [2.45, 2.75) is 19.8 Å². The molecule has 0 atom stereocenters. The SMILES string of the molecule is CCCCOC(=O)c1cccc(-c2c(F)c(N)c3c(Cl)c[nH]c3c2F)n1. The quantitative estimate of drug-likeness (QED) is 0.382. The van der Waals surface area contributed by atoms with Crippen LogP contribution in [0.2, 0.25) is 5.02 Å². The van der Waals surface area contributed by atoms with Crippen LogP contribution in [0.15, 0.2) is 24.4 Å². The number of nitrogen functional groups attached to an aromatic ring is 1. The normalized spacial score (nSPS) is 11.1. The van der Waals surface area contributed by atoms with Crippen LogP contribution < -0.4 is 5.73 Å². The lowest BCUT2D eigenvalue weighted by molar-refractivity contribution is 0.0493. The number of aromatic amines is 1. The molecule has 1 aromatic carbocycles. The van der Waals surface area contributed by atoms with Crippen molar-refractivity contribution in [1.82, 2.24) is 9.97 Å². The number of unbranched alkanes of at least 4 members (excludes halogenated alkanes) is 1. The number of halogens is 3.